The standard InChI is InChI=1S/C15H19N3O2/c1-10-5-4-8-17-14(10)15(18-16)12-9-11(19-2)6-7-13(12)20-3/h4-9,15,18H,16H2,1-3H3. The molecule has 0 saturated heterocycles. The van der Waals surface area contributed by atoms with Gasteiger partial charge < -0.3 is 9.47 Å². The lowest BCUT2D eigenvalue weighted by molar-refractivity contribution is 0.393. The van der Waals surface area contributed by atoms with Crippen LogP contribution in [0.3, 0.4) is 0 Å². The van der Waals surface area contributed by atoms with Crippen LogP contribution in [0, 0.1) is 6.92 Å². The first kappa shape index (κ1) is 14.3. The number of hydrazine groups is 1. The maximum atomic E-state index is 5.73. The number of nitrogens with zero attached hydrogens (tertiary/aromatic N) is 1. The summed E-state index contributed by atoms with van der Waals surface area (Å²) in [7, 11) is 3.26. The predicted octanol–water partition coefficient (Wildman–Crippen LogP) is 1.96. The predicted molar refractivity (Wildman–Crippen MR) is 77.7 cm³/mol. The van der Waals surface area contributed by atoms with Crippen LogP contribution < -0.4 is 20.7 Å². The van der Waals surface area contributed by atoms with Gasteiger partial charge in [0.1, 0.15) is 11.5 Å². The number of hydrogen-bond acceptors (Lipinski definition) is 5. The molecule has 0 aliphatic heterocycles. The van der Waals surface area contributed by atoms with Crippen molar-refractivity contribution in [1.82, 2.24) is 10.4 Å². The van der Waals surface area contributed by atoms with Crippen molar-refractivity contribution in [3.63, 3.8) is 0 Å². The van der Waals surface area contributed by atoms with Crippen LogP contribution in [0.4, 0.5) is 0 Å². The first-order valence-electron chi connectivity index (χ1n) is 6.30. The Kier molecular flexibility index (Phi) is 4.55. The molecule has 0 spiro atoms. The Morgan fingerprint density at radius 1 is 1.20 bits per heavy atom. The Hall–Kier alpha value is -2.11. The Bertz CT molecular complexity index is 587. The number of aromatic nitrogens is 1. The zero-order valence-electron chi connectivity index (χ0n) is 11.9. The van der Waals surface area contributed by atoms with E-state index in [1.54, 1.807) is 20.4 Å². The highest BCUT2D eigenvalue weighted by Crippen LogP contribution is 2.32. The van der Waals surface area contributed by atoms with Crippen LogP contribution in [-0.4, -0.2) is 19.2 Å². The molecule has 20 heavy (non-hydrogen) atoms. The van der Waals surface area contributed by atoms with Crippen molar-refractivity contribution >= 4 is 0 Å². The lowest BCUT2D eigenvalue weighted by Crippen LogP contribution is -2.30. The fourth-order valence-corrected chi connectivity index (χ4v) is 2.18. The minimum absolute atomic E-state index is 0.263. The normalized spacial score (nSPS) is 12.0. The molecule has 5 nitrogen and oxygen atoms in total. The molecule has 3 N–H and O–H groups in total. The molecule has 5 heteroatoms. The Morgan fingerprint density at radius 2 is 2.00 bits per heavy atom. The fourth-order valence-electron chi connectivity index (χ4n) is 2.18. The van der Waals surface area contributed by atoms with Crippen LogP contribution >= 0.6 is 0 Å². The summed E-state index contributed by atoms with van der Waals surface area (Å²) < 4.78 is 10.7. The SMILES string of the molecule is COc1ccc(OC)c(C(NN)c2ncccc2C)c1. The molecule has 0 saturated carbocycles. The largest absolute Gasteiger partial charge is 0.497 e. The van der Waals surface area contributed by atoms with Crippen LogP contribution in [0.1, 0.15) is 22.9 Å². The average molecular weight is 273 g/mol. The molecule has 1 heterocycles. The second-order valence-electron chi connectivity index (χ2n) is 4.41. The lowest BCUT2D eigenvalue weighted by atomic mass is 9.99. The van der Waals surface area contributed by atoms with Crippen LogP contribution in [0.5, 0.6) is 11.5 Å². The molecule has 1 aromatic heterocycles. The zero-order chi connectivity index (χ0) is 14.5. The molecule has 0 bridgehead atoms. The second kappa shape index (κ2) is 6.36. The van der Waals surface area contributed by atoms with E-state index in [1.807, 2.05) is 37.3 Å². The monoisotopic (exact) mass is 273 g/mol. The first-order valence-corrected chi connectivity index (χ1v) is 6.30. The topological polar surface area (TPSA) is 69.4 Å². The highest BCUT2D eigenvalue weighted by molar-refractivity contribution is 5.46. The van der Waals surface area contributed by atoms with Crippen molar-refractivity contribution in [3.8, 4) is 11.5 Å². The number of pyridine rings is 1. The van der Waals surface area contributed by atoms with E-state index in [-0.39, 0.29) is 6.04 Å². The highest BCUT2D eigenvalue weighted by atomic mass is 16.5. The number of aryl methyl sites for hydroxylation is 1. The zero-order valence-corrected chi connectivity index (χ0v) is 11.9. The molecule has 0 aliphatic rings. The summed E-state index contributed by atoms with van der Waals surface area (Å²) in [6, 6.07) is 9.24. The van der Waals surface area contributed by atoms with Crippen molar-refractivity contribution in [2.45, 2.75) is 13.0 Å². The molecule has 0 aliphatic carbocycles. The second-order valence-corrected chi connectivity index (χ2v) is 4.41. The number of hydrogen-bond donors (Lipinski definition) is 2. The summed E-state index contributed by atoms with van der Waals surface area (Å²) in [6.07, 6.45) is 1.75. The van der Waals surface area contributed by atoms with E-state index in [4.69, 9.17) is 15.3 Å². The van der Waals surface area contributed by atoms with Gasteiger partial charge in [0.25, 0.3) is 0 Å². The Labute approximate surface area is 118 Å². The van der Waals surface area contributed by atoms with Gasteiger partial charge in [-0.1, -0.05) is 6.07 Å². The summed E-state index contributed by atoms with van der Waals surface area (Å²) in [4.78, 5) is 4.42. The Balaban J connectivity index is 2.54. The van der Waals surface area contributed by atoms with E-state index in [0.29, 0.717) is 0 Å². The Morgan fingerprint density at radius 3 is 2.60 bits per heavy atom. The minimum atomic E-state index is -0.263. The number of nitrogens with one attached hydrogen (secondary N) is 1. The van der Waals surface area contributed by atoms with Gasteiger partial charge in [-0.25, -0.2) is 5.43 Å². The highest BCUT2D eigenvalue weighted by Gasteiger charge is 2.20. The summed E-state index contributed by atoms with van der Waals surface area (Å²) in [5.74, 6) is 7.21. The first-order chi connectivity index (χ1) is 9.71. The summed E-state index contributed by atoms with van der Waals surface area (Å²) >= 11 is 0. The van der Waals surface area contributed by atoms with Gasteiger partial charge in [-0.15, -0.1) is 0 Å². The van der Waals surface area contributed by atoms with Crippen LogP contribution in [0.2, 0.25) is 0 Å². The van der Waals surface area contributed by atoms with Gasteiger partial charge in [-0.05, 0) is 36.8 Å². The van der Waals surface area contributed by atoms with E-state index in [9.17, 15) is 0 Å². The van der Waals surface area contributed by atoms with Gasteiger partial charge in [0.05, 0.1) is 26.0 Å². The number of ether oxygens (including phenoxy) is 2. The number of rotatable bonds is 5. The van der Waals surface area contributed by atoms with Gasteiger partial charge >= 0.3 is 0 Å². The van der Waals surface area contributed by atoms with E-state index in [0.717, 1.165) is 28.3 Å². The molecule has 2 rings (SSSR count). The molecule has 0 amide bonds. The third-order valence-corrected chi connectivity index (χ3v) is 3.24. The number of nitrogens with two attached hydrogens (primary N) is 1. The van der Waals surface area contributed by atoms with Crippen molar-refractivity contribution in [1.29, 1.82) is 0 Å². The molecule has 1 atom stereocenters. The number of benzene rings is 1. The minimum Gasteiger partial charge on any atom is -0.497 e. The summed E-state index contributed by atoms with van der Waals surface area (Å²) in [5, 5.41) is 0. The smallest absolute Gasteiger partial charge is 0.124 e. The van der Waals surface area contributed by atoms with Crippen LogP contribution in [0.25, 0.3) is 0 Å². The lowest BCUT2D eigenvalue weighted by Gasteiger charge is -2.20. The molecule has 1 unspecified atom stereocenters. The third-order valence-electron chi connectivity index (χ3n) is 3.24. The molecule has 1 aromatic carbocycles. The number of methoxy groups -OCH3 is 2. The van der Waals surface area contributed by atoms with Gasteiger partial charge in [-0.3, -0.25) is 10.8 Å². The van der Waals surface area contributed by atoms with Crippen molar-refractivity contribution in [2.75, 3.05) is 14.2 Å². The average Bonchev–Trinajstić information content (AvgIpc) is 2.49. The van der Waals surface area contributed by atoms with E-state index < -0.39 is 0 Å². The van der Waals surface area contributed by atoms with Crippen LogP contribution in [-0.2, 0) is 0 Å². The quantitative estimate of drug-likeness (QED) is 0.644. The van der Waals surface area contributed by atoms with E-state index in [1.165, 1.54) is 0 Å². The summed E-state index contributed by atoms with van der Waals surface area (Å²) in [5.41, 5.74) is 5.61. The molecule has 0 radical (unpaired) electrons. The van der Waals surface area contributed by atoms with Gasteiger partial charge in [0, 0.05) is 11.8 Å². The van der Waals surface area contributed by atoms with Crippen LogP contribution in [0.15, 0.2) is 36.5 Å². The molecule has 0 fully saturated rings. The molecule has 106 valence electrons. The van der Waals surface area contributed by atoms with Gasteiger partial charge in [0.15, 0.2) is 0 Å². The van der Waals surface area contributed by atoms with Crippen molar-refractivity contribution in [3.05, 3.63) is 53.3 Å². The third kappa shape index (κ3) is 2.74. The van der Waals surface area contributed by atoms with Crippen molar-refractivity contribution < 1.29 is 9.47 Å². The maximum Gasteiger partial charge on any atom is 0.124 e. The molecular formula is C15H19N3O2. The van der Waals surface area contributed by atoms with Gasteiger partial charge in [0.2, 0.25) is 0 Å². The van der Waals surface area contributed by atoms with E-state index >= 15 is 0 Å². The van der Waals surface area contributed by atoms with Gasteiger partial charge in [-0.2, -0.15) is 0 Å². The van der Waals surface area contributed by atoms with Crippen molar-refractivity contribution in [2.24, 2.45) is 5.84 Å². The molecule has 2 aromatic rings. The van der Waals surface area contributed by atoms with E-state index in [2.05, 4.69) is 10.4 Å². The maximum absolute atomic E-state index is 5.73. The molecular weight excluding hydrogens is 254 g/mol. The summed E-state index contributed by atoms with van der Waals surface area (Å²) in [6.45, 7) is 2.00. The fraction of sp³-hybridized carbons (Fsp3) is 0.267.